The molecule has 2 aromatic carbocycles. The monoisotopic (exact) mass is 471 g/mol. The molecule has 3 N–H and O–H groups in total. The largest absolute Gasteiger partial charge is 0.416 e. The van der Waals surface area contributed by atoms with Crippen LogP contribution in [0.15, 0.2) is 67.1 Å². The number of nitrogens with two attached hydrogens (primary N) is 1. The highest BCUT2D eigenvalue weighted by Crippen LogP contribution is 2.35. The molecule has 0 bridgehead atoms. The van der Waals surface area contributed by atoms with E-state index in [1.165, 1.54) is 18.5 Å². The highest BCUT2D eigenvalue weighted by Gasteiger charge is 2.33. The van der Waals surface area contributed by atoms with Crippen LogP contribution >= 0.6 is 0 Å². The Morgan fingerprint density at radius 3 is 2.21 bits per heavy atom. The van der Waals surface area contributed by atoms with E-state index in [9.17, 15) is 13.2 Å². The molecule has 0 unspecified atom stereocenters. The smallest absolute Gasteiger partial charge is 0.402 e. The Hall–Kier alpha value is -3.62. The van der Waals surface area contributed by atoms with E-state index in [-0.39, 0.29) is 24.2 Å². The fourth-order valence-electron chi connectivity index (χ4n) is 3.67. The molecule has 0 spiro atoms. The zero-order chi connectivity index (χ0) is 24.3. The maximum absolute atomic E-state index is 15.3. The number of benzene rings is 2. The molecule has 1 aliphatic rings. The van der Waals surface area contributed by atoms with Crippen LogP contribution in [0, 0.1) is 5.82 Å². The molecule has 1 fully saturated rings. The first-order chi connectivity index (χ1) is 16.2. The third kappa shape index (κ3) is 5.84. The summed E-state index contributed by atoms with van der Waals surface area (Å²) in [5, 5.41) is 3.01. The van der Waals surface area contributed by atoms with Crippen molar-refractivity contribution in [2.45, 2.75) is 44.6 Å². The van der Waals surface area contributed by atoms with Gasteiger partial charge in [-0.15, -0.1) is 0 Å². The minimum atomic E-state index is -4.40. The summed E-state index contributed by atoms with van der Waals surface area (Å²) in [4.78, 5) is 9.98. The van der Waals surface area contributed by atoms with Crippen molar-refractivity contribution >= 4 is 11.6 Å². The van der Waals surface area contributed by atoms with Gasteiger partial charge in [-0.05, 0) is 41.7 Å². The fraction of sp³-hybridized carbons (Fsp3) is 0.280. The second-order valence-electron chi connectivity index (χ2n) is 8.42. The van der Waals surface area contributed by atoms with Gasteiger partial charge >= 0.3 is 6.18 Å². The number of halogens is 4. The van der Waals surface area contributed by atoms with Gasteiger partial charge in [-0.2, -0.15) is 17.6 Å². The van der Waals surface area contributed by atoms with Crippen LogP contribution in [0.1, 0.15) is 35.1 Å². The molecule has 1 saturated carbocycles. The minimum Gasteiger partial charge on any atom is -0.402 e. The maximum atomic E-state index is 15.3. The van der Waals surface area contributed by atoms with Crippen molar-refractivity contribution in [2.75, 3.05) is 10.2 Å². The van der Waals surface area contributed by atoms with Crippen LogP contribution in [0.5, 0.6) is 0 Å². The average molecular weight is 472 g/mol. The zero-order valence-corrected chi connectivity index (χ0v) is 18.4. The molecule has 0 atom stereocenters. The van der Waals surface area contributed by atoms with Gasteiger partial charge in [0.15, 0.2) is 11.6 Å². The molecule has 0 amide bonds. The highest BCUT2D eigenvalue weighted by molar-refractivity contribution is 5.53. The van der Waals surface area contributed by atoms with Crippen LogP contribution in [0.25, 0.3) is 0 Å². The molecule has 0 radical (unpaired) electrons. The molecule has 3 aromatic rings. The highest BCUT2D eigenvalue weighted by atomic mass is 19.4. The van der Waals surface area contributed by atoms with Gasteiger partial charge in [0, 0.05) is 31.2 Å². The summed E-state index contributed by atoms with van der Waals surface area (Å²) in [5.41, 5.74) is 8.13. The minimum absolute atomic E-state index is 0.0717. The number of rotatable bonds is 9. The lowest BCUT2D eigenvalue weighted by Gasteiger charge is -2.24. The van der Waals surface area contributed by atoms with Crippen molar-refractivity contribution in [2.24, 2.45) is 5.73 Å². The number of hydrogen-bond acceptors (Lipinski definition) is 5. The first kappa shape index (κ1) is 23.5. The summed E-state index contributed by atoms with van der Waals surface area (Å²) in [6.45, 7) is 4.31. The molecule has 1 aliphatic carbocycles. The SMILES string of the molecule is C=C(N)Cc1ccc(CNc2ncnc(N(Cc3ccc(C(F)(F)F)cc3)C3CC3)c2F)cc1. The quantitative estimate of drug-likeness (QED) is 0.408. The fourth-order valence-corrected chi connectivity index (χ4v) is 3.67. The summed E-state index contributed by atoms with van der Waals surface area (Å²) < 4.78 is 53.9. The standard InChI is InChI=1S/C25H25F4N5/c1-16(30)12-17-2-4-18(5-3-17)13-31-23-22(26)24(33-15-32-23)34(21-10-11-21)14-19-6-8-20(9-7-19)25(27,28)29/h2-9,15,21H,1,10-14,30H2,(H,31,32,33). The number of allylic oxidation sites excluding steroid dienone is 1. The van der Waals surface area contributed by atoms with Gasteiger partial charge in [-0.3, -0.25) is 0 Å². The van der Waals surface area contributed by atoms with E-state index in [2.05, 4.69) is 21.9 Å². The number of alkyl halides is 3. The predicted molar refractivity (Wildman–Crippen MR) is 123 cm³/mol. The van der Waals surface area contributed by atoms with Gasteiger partial charge < -0.3 is 16.0 Å². The third-order valence-corrected chi connectivity index (χ3v) is 5.58. The molecular formula is C25H25F4N5. The number of anilines is 2. The first-order valence-corrected chi connectivity index (χ1v) is 10.9. The summed E-state index contributed by atoms with van der Waals surface area (Å²) in [6, 6.07) is 12.7. The second kappa shape index (κ2) is 9.70. The number of aromatic nitrogens is 2. The van der Waals surface area contributed by atoms with Crippen LogP contribution in [0.4, 0.5) is 29.2 Å². The van der Waals surface area contributed by atoms with Crippen LogP contribution in [-0.4, -0.2) is 16.0 Å². The maximum Gasteiger partial charge on any atom is 0.416 e. The van der Waals surface area contributed by atoms with Gasteiger partial charge in [0.2, 0.25) is 5.82 Å². The molecule has 34 heavy (non-hydrogen) atoms. The topological polar surface area (TPSA) is 67.1 Å². The van der Waals surface area contributed by atoms with Gasteiger partial charge in [-0.25, -0.2) is 9.97 Å². The molecule has 4 rings (SSSR count). The van der Waals surface area contributed by atoms with Crippen LogP contribution in [0.3, 0.4) is 0 Å². The van der Waals surface area contributed by atoms with Gasteiger partial charge in [0.05, 0.1) is 5.56 Å². The van der Waals surface area contributed by atoms with Crippen molar-refractivity contribution < 1.29 is 17.6 Å². The van der Waals surface area contributed by atoms with E-state index >= 15 is 4.39 Å². The van der Waals surface area contributed by atoms with Crippen molar-refractivity contribution in [3.63, 3.8) is 0 Å². The Morgan fingerprint density at radius 2 is 1.62 bits per heavy atom. The summed E-state index contributed by atoms with van der Waals surface area (Å²) in [5.74, 6) is -0.378. The van der Waals surface area contributed by atoms with Crippen molar-refractivity contribution in [1.82, 2.24) is 9.97 Å². The molecule has 0 aliphatic heterocycles. The van der Waals surface area contributed by atoms with Gasteiger partial charge in [-0.1, -0.05) is 43.0 Å². The van der Waals surface area contributed by atoms with Crippen molar-refractivity contribution in [3.8, 4) is 0 Å². The summed E-state index contributed by atoms with van der Waals surface area (Å²) in [7, 11) is 0. The van der Waals surface area contributed by atoms with Crippen molar-refractivity contribution in [1.29, 1.82) is 0 Å². The Bertz CT molecular complexity index is 1140. The first-order valence-electron chi connectivity index (χ1n) is 10.9. The second-order valence-corrected chi connectivity index (χ2v) is 8.42. The van der Waals surface area contributed by atoms with E-state index < -0.39 is 17.6 Å². The zero-order valence-electron chi connectivity index (χ0n) is 18.4. The van der Waals surface area contributed by atoms with E-state index in [0.717, 1.165) is 36.1 Å². The summed E-state index contributed by atoms with van der Waals surface area (Å²) in [6.07, 6.45) is -0.775. The lowest BCUT2D eigenvalue weighted by Crippen LogP contribution is -2.27. The molecule has 178 valence electrons. The Balaban J connectivity index is 1.47. The number of nitrogens with zero attached hydrogens (tertiary/aromatic N) is 3. The van der Waals surface area contributed by atoms with Crippen molar-refractivity contribution in [3.05, 3.63) is 95.2 Å². The molecule has 1 aromatic heterocycles. The van der Waals surface area contributed by atoms with Gasteiger partial charge in [0.1, 0.15) is 6.33 Å². The predicted octanol–water partition coefficient (Wildman–Crippen LogP) is 5.43. The Morgan fingerprint density at radius 1 is 1.00 bits per heavy atom. The van der Waals surface area contributed by atoms with Gasteiger partial charge in [0.25, 0.3) is 0 Å². The Kier molecular flexibility index (Phi) is 6.72. The number of hydrogen-bond donors (Lipinski definition) is 2. The molecule has 9 heteroatoms. The molecular weight excluding hydrogens is 446 g/mol. The number of nitrogens with one attached hydrogen (secondary N) is 1. The molecule has 1 heterocycles. The lowest BCUT2D eigenvalue weighted by molar-refractivity contribution is -0.137. The third-order valence-electron chi connectivity index (χ3n) is 5.58. The van der Waals surface area contributed by atoms with Crippen LogP contribution in [0.2, 0.25) is 0 Å². The normalized spacial score (nSPS) is 13.5. The van der Waals surface area contributed by atoms with E-state index in [1.54, 1.807) is 4.90 Å². The van der Waals surface area contributed by atoms with Crippen LogP contribution in [-0.2, 0) is 25.7 Å². The van der Waals surface area contributed by atoms with E-state index in [0.29, 0.717) is 24.2 Å². The molecule has 5 nitrogen and oxygen atoms in total. The molecule has 0 saturated heterocycles. The lowest BCUT2D eigenvalue weighted by atomic mass is 10.1. The average Bonchev–Trinajstić information content (AvgIpc) is 3.63. The van der Waals surface area contributed by atoms with Crippen LogP contribution < -0.4 is 16.0 Å². The summed E-state index contributed by atoms with van der Waals surface area (Å²) >= 11 is 0. The van der Waals surface area contributed by atoms with E-state index in [4.69, 9.17) is 5.73 Å². The van der Waals surface area contributed by atoms with E-state index in [1.807, 2.05) is 24.3 Å². The Labute approximate surface area is 195 Å².